The Morgan fingerprint density at radius 2 is 2.05 bits per heavy atom. The summed E-state index contributed by atoms with van der Waals surface area (Å²) >= 11 is -0.932. The molecule has 0 spiro atoms. The molecule has 1 aliphatic heterocycles. The summed E-state index contributed by atoms with van der Waals surface area (Å²) in [5.74, 6) is -0.225. The van der Waals surface area contributed by atoms with Crippen molar-refractivity contribution in [2.45, 2.75) is 12.8 Å². The third-order valence-electron chi connectivity index (χ3n) is 3.20. The van der Waals surface area contributed by atoms with Crippen molar-refractivity contribution < 1.29 is 14.5 Å². The number of hydrogen-bond acceptors (Lipinski definition) is 5. The minimum Gasteiger partial charge on any atom is -0.593 e. The van der Waals surface area contributed by atoms with Crippen LogP contribution in [-0.2, 0) is 22.6 Å². The second-order valence-electron chi connectivity index (χ2n) is 4.72. The van der Waals surface area contributed by atoms with Crippen LogP contribution in [0.2, 0.25) is 0 Å². The summed E-state index contributed by atoms with van der Waals surface area (Å²) in [5.41, 5.74) is 2.11. The van der Waals surface area contributed by atoms with Crippen LogP contribution in [0.1, 0.15) is 12.1 Å². The van der Waals surface area contributed by atoms with Crippen molar-refractivity contribution in [3.8, 4) is 5.69 Å². The van der Waals surface area contributed by atoms with Crippen LogP contribution < -0.4 is 4.31 Å². The van der Waals surface area contributed by atoms with E-state index >= 15 is 0 Å². The average Bonchev–Trinajstić information content (AvgIpc) is 3.07. The molecule has 1 unspecified atom stereocenters. The van der Waals surface area contributed by atoms with Gasteiger partial charge in [-0.3, -0.25) is 4.79 Å². The number of nitrogens with zero attached hydrogens (tertiary/aromatic N) is 4. The lowest BCUT2D eigenvalue weighted by molar-refractivity contribution is -0.136. The molecule has 21 heavy (non-hydrogen) atoms. The molecular formula is C13H14N4O3S. The Kier molecular flexibility index (Phi) is 3.80. The molecular weight excluding hydrogens is 292 g/mol. The van der Waals surface area contributed by atoms with Crippen LogP contribution >= 0.6 is 0 Å². The van der Waals surface area contributed by atoms with Crippen LogP contribution in [0.3, 0.4) is 0 Å². The summed E-state index contributed by atoms with van der Waals surface area (Å²) in [6, 6.07) is 7.47. The predicted molar refractivity (Wildman–Crippen MR) is 77.7 cm³/mol. The van der Waals surface area contributed by atoms with Gasteiger partial charge in [0.2, 0.25) is 0 Å². The van der Waals surface area contributed by atoms with Crippen LogP contribution in [0.5, 0.6) is 0 Å². The first-order chi connectivity index (χ1) is 10.1. The second-order valence-corrected chi connectivity index (χ2v) is 6.21. The molecule has 2 heterocycles. The molecule has 0 amide bonds. The number of rotatable bonds is 4. The number of anilines is 1. The maximum absolute atomic E-state index is 11.8. The Morgan fingerprint density at radius 3 is 2.67 bits per heavy atom. The smallest absolute Gasteiger partial charge is 0.309 e. The average molecular weight is 306 g/mol. The highest BCUT2D eigenvalue weighted by atomic mass is 32.2. The standard InChI is InChI=1S/C13H14N4O3S/c18-13(19)8-10-9-16(15-14-10)11-2-4-12(5-3-11)17-6-1-7-21(17)20/h2-5,9H,1,6-8H2,(H,18,19). The third kappa shape index (κ3) is 3.01. The van der Waals surface area contributed by atoms with E-state index in [4.69, 9.17) is 5.11 Å². The van der Waals surface area contributed by atoms with Crippen LogP contribution in [0.15, 0.2) is 30.5 Å². The summed E-state index contributed by atoms with van der Waals surface area (Å²) in [6.45, 7) is 0.804. The molecule has 1 aromatic heterocycles. The van der Waals surface area contributed by atoms with Crippen LogP contribution in [0.4, 0.5) is 5.69 Å². The zero-order valence-electron chi connectivity index (χ0n) is 11.2. The molecule has 1 saturated heterocycles. The van der Waals surface area contributed by atoms with Crippen LogP contribution in [0, 0.1) is 0 Å². The van der Waals surface area contributed by atoms with Crippen molar-refractivity contribution in [1.29, 1.82) is 0 Å². The van der Waals surface area contributed by atoms with Crippen molar-refractivity contribution in [3.05, 3.63) is 36.2 Å². The lowest BCUT2D eigenvalue weighted by atomic mass is 10.2. The Morgan fingerprint density at radius 1 is 1.33 bits per heavy atom. The molecule has 0 radical (unpaired) electrons. The first-order valence-electron chi connectivity index (χ1n) is 6.53. The molecule has 7 nitrogen and oxygen atoms in total. The Labute approximate surface area is 124 Å². The molecule has 1 aliphatic rings. The van der Waals surface area contributed by atoms with Crippen LogP contribution in [0.25, 0.3) is 5.69 Å². The third-order valence-corrected chi connectivity index (χ3v) is 4.72. The van der Waals surface area contributed by atoms with Gasteiger partial charge >= 0.3 is 5.97 Å². The number of carbonyl (C=O) groups is 1. The molecule has 1 fully saturated rings. The van der Waals surface area contributed by atoms with Gasteiger partial charge in [0.1, 0.15) is 5.75 Å². The van der Waals surface area contributed by atoms with Gasteiger partial charge in [-0.1, -0.05) is 5.21 Å². The highest BCUT2D eigenvalue weighted by Gasteiger charge is 2.26. The SMILES string of the molecule is O=C(O)Cc1cn(-c2ccc(N3CCC[S+]3[O-])cc2)nn1. The summed E-state index contributed by atoms with van der Waals surface area (Å²) in [4.78, 5) is 10.6. The summed E-state index contributed by atoms with van der Waals surface area (Å²) in [6.07, 6.45) is 2.39. The Balaban J connectivity index is 1.77. The number of aromatic nitrogens is 3. The summed E-state index contributed by atoms with van der Waals surface area (Å²) in [5, 5.41) is 16.4. The molecule has 0 aliphatic carbocycles. The minimum absolute atomic E-state index is 0.148. The van der Waals surface area contributed by atoms with Crippen molar-refractivity contribution >= 4 is 23.0 Å². The van der Waals surface area contributed by atoms with E-state index in [0.29, 0.717) is 11.4 Å². The van der Waals surface area contributed by atoms with Crippen molar-refractivity contribution in [2.75, 3.05) is 16.6 Å². The molecule has 8 heteroatoms. The molecule has 1 atom stereocenters. The predicted octanol–water partition coefficient (Wildman–Crippen LogP) is 0.768. The van der Waals surface area contributed by atoms with E-state index in [1.165, 1.54) is 4.68 Å². The lowest BCUT2D eigenvalue weighted by Gasteiger charge is -2.18. The molecule has 1 N–H and O–H groups in total. The van der Waals surface area contributed by atoms with E-state index in [2.05, 4.69) is 10.3 Å². The van der Waals surface area contributed by atoms with Gasteiger partial charge < -0.3 is 9.66 Å². The topological polar surface area (TPSA) is 94.3 Å². The highest BCUT2D eigenvalue weighted by Crippen LogP contribution is 2.24. The van der Waals surface area contributed by atoms with E-state index in [9.17, 15) is 9.35 Å². The summed E-state index contributed by atoms with van der Waals surface area (Å²) < 4.78 is 15.2. The maximum Gasteiger partial charge on any atom is 0.309 e. The normalized spacial score (nSPS) is 18.1. The minimum atomic E-state index is -0.936. The monoisotopic (exact) mass is 306 g/mol. The lowest BCUT2D eigenvalue weighted by Crippen LogP contribution is -2.24. The van der Waals surface area contributed by atoms with Gasteiger partial charge in [-0.05, 0) is 24.3 Å². The molecule has 3 rings (SSSR count). The van der Waals surface area contributed by atoms with Gasteiger partial charge in [0.05, 0.1) is 47.6 Å². The van der Waals surface area contributed by atoms with E-state index in [1.807, 2.05) is 28.6 Å². The van der Waals surface area contributed by atoms with E-state index in [1.54, 1.807) is 6.20 Å². The second kappa shape index (κ2) is 5.74. The van der Waals surface area contributed by atoms with Crippen molar-refractivity contribution in [1.82, 2.24) is 15.0 Å². The zero-order chi connectivity index (χ0) is 14.8. The van der Waals surface area contributed by atoms with Gasteiger partial charge in [-0.2, -0.15) is 4.31 Å². The summed E-state index contributed by atoms with van der Waals surface area (Å²) in [7, 11) is 0. The number of aliphatic carboxylic acids is 1. The van der Waals surface area contributed by atoms with Crippen molar-refractivity contribution in [3.63, 3.8) is 0 Å². The van der Waals surface area contributed by atoms with Gasteiger partial charge in [0, 0.05) is 6.42 Å². The zero-order valence-corrected chi connectivity index (χ0v) is 12.0. The molecule has 2 aromatic rings. The Bertz CT molecular complexity index is 643. The Hall–Kier alpha value is -2.06. The molecule has 0 saturated carbocycles. The quantitative estimate of drug-likeness (QED) is 0.838. The van der Waals surface area contributed by atoms with Gasteiger partial charge in [0.15, 0.2) is 0 Å². The van der Waals surface area contributed by atoms with Crippen LogP contribution in [-0.4, -0.2) is 42.9 Å². The van der Waals surface area contributed by atoms with Gasteiger partial charge in [-0.25, -0.2) is 4.68 Å². The van der Waals surface area contributed by atoms with E-state index in [-0.39, 0.29) is 6.42 Å². The maximum atomic E-state index is 11.8. The number of hydrogen-bond donors (Lipinski definition) is 1. The fraction of sp³-hybridized carbons (Fsp3) is 0.308. The molecule has 1 aromatic carbocycles. The number of carboxylic acids is 1. The first-order valence-corrected chi connectivity index (χ1v) is 7.80. The largest absolute Gasteiger partial charge is 0.593 e. The number of carboxylic acid groups (broad SMARTS) is 1. The van der Waals surface area contributed by atoms with E-state index < -0.39 is 17.3 Å². The number of benzene rings is 1. The fourth-order valence-corrected chi connectivity index (χ4v) is 3.51. The van der Waals surface area contributed by atoms with Crippen molar-refractivity contribution in [2.24, 2.45) is 0 Å². The van der Waals surface area contributed by atoms with Gasteiger partial charge in [0.25, 0.3) is 0 Å². The van der Waals surface area contributed by atoms with E-state index in [0.717, 1.165) is 24.3 Å². The fourth-order valence-electron chi connectivity index (χ4n) is 2.22. The van der Waals surface area contributed by atoms with Gasteiger partial charge in [-0.15, -0.1) is 5.10 Å². The molecule has 0 bridgehead atoms. The molecule has 110 valence electrons. The first kappa shape index (κ1) is 13.9. The highest BCUT2D eigenvalue weighted by molar-refractivity contribution is 7.93.